The Labute approximate surface area is 185 Å². The minimum atomic E-state index is -0.300. The lowest BCUT2D eigenvalue weighted by Gasteiger charge is -2.10. The van der Waals surface area contributed by atoms with E-state index in [0.717, 1.165) is 11.1 Å². The molecule has 0 atom stereocenters. The number of carbonyl (C=O) groups excluding carboxylic acids is 2. The van der Waals surface area contributed by atoms with Gasteiger partial charge < -0.3 is 15.4 Å². The zero-order chi connectivity index (χ0) is 20.3. The highest BCUT2D eigenvalue weighted by atomic mass is 79.9. The topological polar surface area (TPSA) is 67.4 Å². The zero-order valence-electron chi connectivity index (χ0n) is 14.5. The summed E-state index contributed by atoms with van der Waals surface area (Å²) in [5, 5.41) is 5.89. The summed E-state index contributed by atoms with van der Waals surface area (Å²) >= 11 is 15.7. The summed E-state index contributed by atoms with van der Waals surface area (Å²) in [5.41, 5.74) is 2.35. The fourth-order valence-corrected chi connectivity index (χ4v) is 4.04. The molecule has 1 fully saturated rings. The van der Waals surface area contributed by atoms with Gasteiger partial charge >= 0.3 is 0 Å². The largest absolute Gasteiger partial charge is 0.483 e. The van der Waals surface area contributed by atoms with Crippen LogP contribution in [0.15, 0.2) is 45.8 Å². The van der Waals surface area contributed by atoms with Crippen molar-refractivity contribution in [2.75, 3.05) is 11.9 Å². The molecule has 0 aromatic heterocycles. The predicted octanol–water partition coefficient (Wildman–Crippen LogP) is 4.92. The van der Waals surface area contributed by atoms with E-state index in [4.69, 9.17) is 28.6 Å². The number of anilines is 1. The van der Waals surface area contributed by atoms with Gasteiger partial charge in [0.2, 0.25) is 0 Å². The number of thiocarbonyl (C=S) groups is 1. The van der Waals surface area contributed by atoms with Crippen LogP contribution in [0.5, 0.6) is 5.75 Å². The molecule has 0 spiro atoms. The molecule has 9 heteroatoms. The molecular formula is C19H14BrClN2O3S2. The van der Waals surface area contributed by atoms with Gasteiger partial charge in [-0.1, -0.05) is 47.7 Å². The molecule has 2 N–H and O–H groups in total. The fourth-order valence-electron chi connectivity index (χ4n) is 2.31. The second kappa shape index (κ2) is 9.09. The van der Waals surface area contributed by atoms with Crippen LogP contribution >= 0.6 is 51.5 Å². The second-order valence-corrected chi connectivity index (χ2v) is 8.82. The van der Waals surface area contributed by atoms with E-state index < -0.39 is 0 Å². The van der Waals surface area contributed by atoms with Crippen LogP contribution in [0.3, 0.4) is 0 Å². The number of hydrogen-bond donors (Lipinski definition) is 2. The summed E-state index contributed by atoms with van der Waals surface area (Å²) in [5.74, 6) is 0.00293. The molecule has 28 heavy (non-hydrogen) atoms. The number of hydrogen-bond acceptors (Lipinski definition) is 5. The molecule has 1 aliphatic rings. The second-order valence-electron chi connectivity index (χ2n) is 5.84. The van der Waals surface area contributed by atoms with Gasteiger partial charge in [0.1, 0.15) is 10.1 Å². The van der Waals surface area contributed by atoms with Gasteiger partial charge in [0, 0.05) is 10.7 Å². The maximum absolute atomic E-state index is 12.1. The van der Waals surface area contributed by atoms with Gasteiger partial charge in [-0.15, -0.1) is 0 Å². The van der Waals surface area contributed by atoms with Crippen LogP contribution in [-0.4, -0.2) is 22.7 Å². The fraction of sp³-hybridized carbons (Fsp3) is 0.105. The van der Waals surface area contributed by atoms with E-state index in [1.54, 1.807) is 36.4 Å². The first-order valence-corrected chi connectivity index (χ1v) is 10.4. The predicted molar refractivity (Wildman–Crippen MR) is 121 cm³/mol. The number of halogens is 2. The van der Waals surface area contributed by atoms with Gasteiger partial charge in [0.25, 0.3) is 11.8 Å². The van der Waals surface area contributed by atoms with Crippen molar-refractivity contribution >= 4 is 79.4 Å². The molecule has 1 saturated heterocycles. The van der Waals surface area contributed by atoms with Gasteiger partial charge in [-0.2, -0.15) is 0 Å². The molecule has 2 aromatic rings. The minimum Gasteiger partial charge on any atom is -0.483 e. The van der Waals surface area contributed by atoms with E-state index in [2.05, 4.69) is 26.6 Å². The summed E-state index contributed by atoms with van der Waals surface area (Å²) in [4.78, 5) is 24.4. The Hall–Kier alpha value is -1.87. The molecule has 0 unspecified atom stereocenters. The van der Waals surface area contributed by atoms with Crippen molar-refractivity contribution in [2.24, 2.45) is 0 Å². The molecule has 5 nitrogen and oxygen atoms in total. The molecule has 1 heterocycles. The first kappa shape index (κ1) is 20.9. The lowest BCUT2D eigenvalue weighted by molar-refractivity contribution is -0.118. The normalized spacial score (nSPS) is 14.9. The average Bonchev–Trinajstić information content (AvgIpc) is 2.94. The van der Waals surface area contributed by atoms with Crippen LogP contribution in [0.4, 0.5) is 5.69 Å². The van der Waals surface area contributed by atoms with Gasteiger partial charge in [0.05, 0.1) is 9.38 Å². The van der Waals surface area contributed by atoms with Crippen LogP contribution in [0, 0.1) is 6.92 Å². The SMILES string of the molecule is Cc1ccc(NC(=O)COc2ccc(/C=C3\SC(=S)NC3=O)cc2Br)cc1Cl. The zero-order valence-corrected chi connectivity index (χ0v) is 18.5. The Morgan fingerprint density at radius 3 is 2.79 bits per heavy atom. The van der Waals surface area contributed by atoms with Gasteiger partial charge in [-0.3, -0.25) is 9.59 Å². The molecule has 0 aliphatic carbocycles. The van der Waals surface area contributed by atoms with Crippen LogP contribution in [0.1, 0.15) is 11.1 Å². The van der Waals surface area contributed by atoms with E-state index in [9.17, 15) is 9.59 Å². The Kier molecular flexibility index (Phi) is 6.77. The summed E-state index contributed by atoms with van der Waals surface area (Å²) in [6, 6.07) is 10.6. The Balaban J connectivity index is 1.61. The first-order chi connectivity index (χ1) is 13.3. The molecule has 2 amide bonds. The Morgan fingerprint density at radius 2 is 2.14 bits per heavy atom. The van der Waals surface area contributed by atoms with Crippen LogP contribution in [-0.2, 0) is 9.59 Å². The molecule has 0 radical (unpaired) electrons. The van der Waals surface area contributed by atoms with Crippen molar-refractivity contribution in [1.29, 1.82) is 0 Å². The van der Waals surface area contributed by atoms with Crippen molar-refractivity contribution in [1.82, 2.24) is 5.32 Å². The third kappa shape index (κ3) is 5.35. The summed E-state index contributed by atoms with van der Waals surface area (Å²) in [6.07, 6.45) is 1.74. The number of carbonyl (C=O) groups is 2. The minimum absolute atomic E-state index is 0.156. The molecule has 2 aromatic carbocycles. The van der Waals surface area contributed by atoms with Gasteiger partial charge in [-0.25, -0.2) is 0 Å². The summed E-state index contributed by atoms with van der Waals surface area (Å²) < 4.78 is 6.68. The monoisotopic (exact) mass is 496 g/mol. The molecule has 144 valence electrons. The van der Waals surface area contributed by atoms with E-state index in [1.165, 1.54) is 11.8 Å². The molecular weight excluding hydrogens is 484 g/mol. The number of nitrogens with one attached hydrogen (secondary N) is 2. The molecule has 0 saturated carbocycles. The molecule has 0 bridgehead atoms. The standard InChI is InChI=1S/C19H14BrClN2O3S2/c1-10-2-4-12(8-14(10)21)22-17(24)9-26-15-5-3-11(6-13(15)20)7-16-18(25)23-19(27)28-16/h2-8H,9H2,1H3,(H,22,24)(H,23,25,27)/b16-7-. The summed E-state index contributed by atoms with van der Waals surface area (Å²) in [6.45, 7) is 1.73. The highest BCUT2D eigenvalue weighted by Gasteiger charge is 2.22. The average molecular weight is 498 g/mol. The van der Waals surface area contributed by atoms with E-state index >= 15 is 0 Å². The first-order valence-electron chi connectivity index (χ1n) is 8.05. The van der Waals surface area contributed by atoms with E-state index in [-0.39, 0.29) is 18.4 Å². The van der Waals surface area contributed by atoms with E-state index in [1.807, 2.05) is 13.0 Å². The summed E-state index contributed by atoms with van der Waals surface area (Å²) in [7, 11) is 0. The quantitative estimate of drug-likeness (QED) is 0.453. The maximum atomic E-state index is 12.1. The number of ether oxygens (including phenoxy) is 1. The number of aryl methyl sites for hydroxylation is 1. The van der Waals surface area contributed by atoms with Crippen molar-refractivity contribution in [3.05, 3.63) is 61.9 Å². The maximum Gasteiger partial charge on any atom is 0.263 e. The van der Waals surface area contributed by atoms with Crippen LogP contribution < -0.4 is 15.4 Å². The number of thioether (sulfide) groups is 1. The third-order valence-electron chi connectivity index (χ3n) is 3.71. The lowest BCUT2D eigenvalue weighted by atomic mass is 10.2. The number of amides is 2. The van der Waals surface area contributed by atoms with Crippen molar-refractivity contribution in [3.63, 3.8) is 0 Å². The van der Waals surface area contributed by atoms with Crippen molar-refractivity contribution in [2.45, 2.75) is 6.92 Å². The Morgan fingerprint density at radius 1 is 1.36 bits per heavy atom. The van der Waals surface area contributed by atoms with Gasteiger partial charge in [-0.05, 0) is 64.3 Å². The number of rotatable bonds is 5. The van der Waals surface area contributed by atoms with Crippen LogP contribution in [0.2, 0.25) is 5.02 Å². The molecule has 3 rings (SSSR count). The lowest BCUT2D eigenvalue weighted by Crippen LogP contribution is -2.20. The van der Waals surface area contributed by atoms with Crippen molar-refractivity contribution in [3.8, 4) is 5.75 Å². The van der Waals surface area contributed by atoms with Gasteiger partial charge in [0.15, 0.2) is 6.61 Å². The highest BCUT2D eigenvalue weighted by molar-refractivity contribution is 9.10. The third-order valence-corrected chi connectivity index (χ3v) is 5.90. The molecule has 1 aliphatic heterocycles. The van der Waals surface area contributed by atoms with Crippen molar-refractivity contribution < 1.29 is 14.3 Å². The van der Waals surface area contributed by atoms with E-state index in [0.29, 0.717) is 30.2 Å². The smallest absolute Gasteiger partial charge is 0.263 e. The number of benzene rings is 2. The van der Waals surface area contributed by atoms with Crippen LogP contribution in [0.25, 0.3) is 6.08 Å². The Bertz CT molecular complexity index is 1010. The highest BCUT2D eigenvalue weighted by Crippen LogP contribution is 2.30.